The molecule has 0 aliphatic heterocycles. The Labute approximate surface area is 135 Å². The molecule has 104 valence electrons. The van der Waals surface area contributed by atoms with Crippen LogP contribution in [0.4, 0.5) is 15.8 Å². The molecule has 20 heavy (non-hydrogen) atoms. The molecule has 2 aromatic carbocycles. The summed E-state index contributed by atoms with van der Waals surface area (Å²) in [6, 6.07) is 10.4. The predicted octanol–water partition coefficient (Wildman–Crippen LogP) is 4.69. The number of rotatable bonds is 4. The van der Waals surface area contributed by atoms with Gasteiger partial charge >= 0.3 is 0 Å². The van der Waals surface area contributed by atoms with Gasteiger partial charge in [-0.1, -0.05) is 24.4 Å². The van der Waals surface area contributed by atoms with Crippen LogP contribution in [0, 0.1) is 5.82 Å². The van der Waals surface area contributed by atoms with Gasteiger partial charge < -0.3 is 11.1 Å². The number of benzene rings is 2. The fourth-order valence-electron chi connectivity index (χ4n) is 1.81. The maximum absolute atomic E-state index is 13.9. The summed E-state index contributed by atoms with van der Waals surface area (Å²) >= 11 is 9.98. The number of halogens is 2. The molecule has 0 aliphatic rings. The zero-order valence-corrected chi connectivity index (χ0v) is 13.8. The van der Waals surface area contributed by atoms with Gasteiger partial charge in [0, 0.05) is 20.6 Å². The molecule has 0 radical (unpaired) electrons. The van der Waals surface area contributed by atoms with Gasteiger partial charge in [0.2, 0.25) is 0 Å². The highest BCUT2D eigenvalue weighted by molar-refractivity contribution is 9.10. The van der Waals surface area contributed by atoms with Crippen LogP contribution in [-0.2, 0) is 0 Å². The zero-order valence-electron chi connectivity index (χ0n) is 10.6. The monoisotopic (exact) mass is 370 g/mol. The molecule has 2 nitrogen and oxygen atoms in total. The number of hydrogen-bond acceptors (Lipinski definition) is 3. The van der Waals surface area contributed by atoms with E-state index in [1.807, 2.05) is 24.5 Å². The number of para-hydroxylation sites is 1. The van der Waals surface area contributed by atoms with Gasteiger partial charge in [0.1, 0.15) is 10.8 Å². The molecular formula is C14H12BrFN2S2. The van der Waals surface area contributed by atoms with E-state index >= 15 is 0 Å². The predicted molar refractivity (Wildman–Crippen MR) is 91.5 cm³/mol. The minimum Gasteiger partial charge on any atom is -0.389 e. The lowest BCUT2D eigenvalue weighted by atomic mass is 10.1. The third-order valence-corrected chi connectivity index (χ3v) is 4.36. The molecule has 2 rings (SSSR count). The summed E-state index contributed by atoms with van der Waals surface area (Å²) in [4.78, 5) is 1.24. The molecule has 2 aromatic rings. The Morgan fingerprint density at radius 3 is 2.60 bits per heavy atom. The van der Waals surface area contributed by atoms with Gasteiger partial charge in [-0.15, -0.1) is 11.8 Å². The van der Waals surface area contributed by atoms with Gasteiger partial charge in [0.15, 0.2) is 0 Å². The van der Waals surface area contributed by atoms with Crippen molar-refractivity contribution in [2.24, 2.45) is 5.73 Å². The van der Waals surface area contributed by atoms with E-state index in [2.05, 4.69) is 21.2 Å². The van der Waals surface area contributed by atoms with Crippen LogP contribution in [0.3, 0.4) is 0 Å². The van der Waals surface area contributed by atoms with Crippen molar-refractivity contribution in [3.05, 3.63) is 52.3 Å². The van der Waals surface area contributed by atoms with Crippen molar-refractivity contribution >= 4 is 56.3 Å². The summed E-state index contributed by atoms with van der Waals surface area (Å²) in [7, 11) is 0. The van der Waals surface area contributed by atoms with Crippen molar-refractivity contribution in [1.29, 1.82) is 0 Å². The average molecular weight is 371 g/mol. The summed E-state index contributed by atoms with van der Waals surface area (Å²) in [6.45, 7) is 0. The second-order valence-electron chi connectivity index (χ2n) is 3.97. The van der Waals surface area contributed by atoms with Crippen LogP contribution in [0.5, 0.6) is 0 Å². The van der Waals surface area contributed by atoms with Gasteiger partial charge in [0.05, 0.1) is 5.69 Å². The first-order valence-corrected chi connectivity index (χ1v) is 8.15. The second-order valence-corrected chi connectivity index (χ2v) is 6.11. The molecular weight excluding hydrogens is 359 g/mol. The van der Waals surface area contributed by atoms with Crippen LogP contribution < -0.4 is 11.1 Å². The number of hydrogen-bond donors (Lipinski definition) is 2. The Balaban J connectivity index is 2.51. The first-order chi connectivity index (χ1) is 9.54. The molecule has 0 amide bonds. The SMILES string of the molecule is CSc1cccc(Nc2c(F)cccc2Br)c1C(N)=S. The van der Waals surface area contributed by atoms with Crippen molar-refractivity contribution in [2.45, 2.75) is 4.90 Å². The molecule has 0 saturated heterocycles. The Bertz CT molecular complexity index is 641. The van der Waals surface area contributed by atoms with E-state index in [0.717, 1.165) is 10.5 Å². The molecule has 0 atom stereocenters. The smallest absolute Gasteiger partial charge is 0.147 e. The van der Waals surface area contributed by atoms with Crippen molar-refractivity contribution in [2.75, 3.05) is 11.6 Å². The lowest BCUT2D eigenvalue weighted by molar-refractivity contribution is 0.631. The van der Waals surface area contributed by atoms with E-state index < -0.39 is 0 Å². The highest BCUT2D eigenvalue weighted by Gasteiger charge is 2.13. The van der Waals surface area contributed by atoms with Crippen LogP contribution >= 0.6 is 39.9 Å². The fourth-order valence-corrected chi connectivity index (χ4v) is 3.18. The van der Waals surface area contributed by atoms with E-state index in [0.29, 0.717) is 15.8 Å². The lowest BCUT2D eigenvalue weighted by Gasteiger charge is -2.15. The molecule has 0 bridgehead atoms. The van der Waals surface area contributed by atoms with Gasteiger partial charge in [0.25, 0.3) is 0 Å². The molecule has 6 heteroatoms. The number of thioether (sulfide) groups is 1. The quantitative estimate of drug-likeness (QED) is 0.604. The summed E-state index contributed by atoms with van der Waals surface area (Å²) < 4.78 is 14.5. The van der Waals surface area contributed by atoms with Crippen LogP contribution in [0.15, 0.2) is 45.8 Å². The summed E-state index contributed by atoms with van der Waals surface area (Å²) in [5, 5.41) is 3.06. The summed E-state index contributed by atoms with van der Waals surface area (Å²) in [5.74, 6) is -0.345. The van der Waals surface area contributed by atoms with E-state index in [1.54, 1.807) is 23.9 Å². The first kappa shape index (κ1) is 15.3. The first-order valence-electron chi connectivity index (χ1n) is 5.72. The van der Waals surface area contributed by atoms with Crippen LogP contribution in [0.1, 0.15) is 5.56 Å². The Kier molecular flexibility index (Phi) is 5.01. The van der Waals surface area contributed by atoms with E-state index in [-0.39, 0.29) is 10.8 Å². The van der Waals surface area contributed by atoms with E-state index in [4.69, 9.17) is 18.0 Å². The molecule has 0 fully saturated rings. The molecule has 0 spiro atoms. The minimum atomic E-state index is -0.345. The summed E-state index contributed by atoms with van der Waals surface area (Å²) in [5.41, 5.74) is 7.57. The van der Waals surface area contributed by atoms with E-state index in [1.165, 1.54) is 6.07 Å². The standard InChI is InChI=1S/C14H12BrFN2S2/c1-20-11-7-3-6-10(12(11)14(17)19)18-13-8(15)4-2-5-9(13)16/h2-7,18H,1H3,(H2,17,19). The Morgan fingerprint density at radius 1 is 1.30 bits per heavy atom. The normalized spacial score (nSPS) is 10.3. The van der Waals surface area contributed by atoms with Crippen molar-refractivity contribution in [3.63, 3.8) is 0 Å². The van der Waals surface area contributed by atoms with Crippen LogP contribution in [-0.4, -0.2) is 11.2 Å². The zero-order chi connectivity index (χ0) is 14.7. The maximum atomic E-state index is 13.9. The number of nitrogens with two attached hydrogens (primary N) is 1. The minimum absolute atomic E-state index is 0.282. The van der Waals surface area contributed by atoms with Gasteiger partial charge in [-0.05, 0) is 46.5 Å². The lowest BCUT2D eigenvalue weighted by Crippen LogP contribution is -2.13. The van der Waals surface area contributed by atoms with E-state index in [9.17, 15) is 4.39 Å². The topological polar surface area (TPSA) is 38.0 Å². The number of thiocarbonyl (C=S) groups is 1. The van der Waals surface area contributed by atoms with Gasteiger partial charge in [-0.3, -0.25) is 0 Å². The molecule has 3 N–H and O–H groups in total. The Morgan fingerprint density at radius 2 is 2.00 bits per heavy atom. The molecule has 0 heterocycles. The average Bonchev–Trinajstić information content (AvgIpc) is 2.42. The van der Waals surface area contributed by atoms with Crippen molar-refractivity contribution in [3.8, 4) is 0 Å². The molecule has 0 aromatic heterocycles. The largest absolute Gasteiger partial charge is 0.389 e. The fraction of sp³-hybridized carbons (Fsp3) is 0.0714. The van der Waals surface area contributed by atoms with Crippen molar-refractivity contribution < 1.29 is 4.39 Å². The molecule has 0 unspecified atom stereocenters. The third-order valence-electron chi connectivity index (χ3n) is 2.71. The number of nitrogens with one attached hydrogen (secondary N) is 1. The second kappa shape index (κ2) is 6.56. The number of anilines is 2. The maximum Gasteiger partial charge on any atom is 0.147 e. The molecule has 0 aliphatic carbocycles. The van der Waals surface area contributed by atoms with Gasteiger partial charge in [-0.25, -0.2) is 4.39 Å². The highest BCUT2D eigenvalue weighted by Crippen LogP contribution is 2.33. The van der Waals surface area contributed by atoms with Crippen molar-refractivity contribution in [1.82, 2.24) is 0 Å². The van der Waals surface area contributed by atoms with Gasteiger partial charge in [-0.2, -0.15) is 0 Å². The Hall–Kier alpha value is -1.11. The summed E-state index contributed by atoms with van der Waals surface area (Å²) in [6.07, 6.45) is 1.94. The molecule has 0 saturated carbocycles. The van der Waals surface area contributed by atoms with Crippen LogP contribution in [0.25, 0.3) is 0 Å². The highest BCUT2D eigenvalue weighted by atomic mass is 79.9. The van der Waals surface area contributed by atoms with Crippen LogP contribution in [0.2, 0.25) is 0 Å². The third kappa shape index (κ3) is 3.13.